The van der Waals surface area contributed by atoms with E-state index in [-0.39, 0.29) is 5.91 Å². The van der Waals surface area contributed by atoms with Crippen LogP contribution < -0.4 is 10.6 Å². The van der Waals surface area contributed by atoms with Gasteiger partial charge in [-0.2, -0.15) is 0 Å². The third-order valence-corrected chi connectivity index (χ3v) is 3.16. The Balaban J connectivity index is 2.57. The van der Waals surface area contributed by atoms with E-state index < -0.39 is 0 Å². The SMILES string of the molecule is CCc1cccc(CC)c1NCCCC(=O)NC. The van der Waals surface area contributed by atoms with Crippen LogP contribution in [-0.4, -0.2) is 19.5 Å². The van der Waals surface area contributed by atoms with Crippen LogP contribution in [0.1, 0.15) is 37.8 Å². The van der Waals surface area contributed by atoms with E-state index in [9.17, 15) is 4.79 Å². The molecule has 0 saturated heterocycles. The number of hydrogen-bond donors (Lipinski definition) is 2. The largest absolute Gasteiger partial charge is 0.385 e. The Hall–Kier alpha value is -1.51. The molecular weight excluding hydrogens is 224 g/mol. The van der Waals surface area contributed by atoms with Crippen molar-refractivity contribution < 1.29 is 4.79 Å². The Labute approximate surface area is 110 Å². The summed E-state index contributed by atoms with van der Waals surface area (Å²) in [5.41, 5.74) is 3.97. The molecule has 0 aromatic heterocycles. The van der Waals surface area contributed by atoms with Gasteiger partial charge in [-0.05, 0) is 30.4 Å². The first-order valence-corrected chi connectivity index (χ1v) is 6.78. The second-order valence-corrected chi connectivity index (χ2v) is 4.36. The molecule has 0 atom stereocenters. The Morgan fingerprint density at radius 3 is 2.28 bits per heavy atom. The summed E-state index contributed by atoms with van der Waals surface area (Å²) >= 11 is 0. The summed E-state index contributed by atoms with van der Waals surface area (Å²) in [6, 6.07) is 6.45. The number of para-hydroxylation sites is 1. The van der Waals surface area contributed by atoms with Crippen molar-refractivity contribution in [2.75, 3.05) is 18.9 Å². The highest BCUT2D eigenvalue weighted by Crippen LogP contribution is 2.22. The van der Waals surface area contributed by atoms with Crippen molar-refractivity contribution in [2.45, 2.75) is 39.5 Å². The summed E-state index contributed by atoms with van der Waals surface area (Å²) in [5, 5.41) is 6.13. The topological polar surface area (TPSA) is 41.1 Å². The lowest BCUT2D eigenvalue weighted by Crippen LogP contribution is -2.18. The predicted molar refractivity (Wildman–Crippen MR) is 77.0 cm³/mol. The number of carbonyl (C=O) groups excluding carboxylic acids is 1. The van der Waals surface area contributed by atoms with Gasteiger partial charge >= 0.3 is 0 Å². The molecule has 1 rings (SSSR count). The summed E-state index contributed by atoms with van der Waals surface area (Å²) in [4.78, 5) is 11.1. The van der Waals surface area contributed by atoms with E-state index in [1.165, 1.54) is 16.8 Å². The number of carbonyl (C=O) groups is 1. The highest BCUT2D eigenvalue weighted by molar-refractivity contribution is 5.75. The van der Waals surface area contributed by atoms with Crippen molar-refractivity contribution in [1.82, 2.24) is 5.32 Å². The Kier molecular flexibility index (Phi) is 6.26. The van der Waals surface area contributed by atoms with Gasteiger partial charge in [0.05, 0.1) is 0 Å². The first-order valence-electron chi connectivity index (χ1n) is 6.78. The number of amides is 1. The Morgan fingerprint density at radius 1 is 1.17 bits per heavy atom. The van der Waals surface area contributed by atoms with Crippen LogP contribution in [0, 0.1) is 0 Å². The van der Waals surface area contributed by atoms with Crippen LogP contribution in [0.4, 0.5) is 5.69 Å². The molecule has 0 aliphatic carbocycles. The van der Waals surface area contributed by atoms with E-state index in [1.807, 2.05) is 0 Å². The number of anilines is 1. The molecule has 2 N–H and O–H groups in total. The normalized spacial score (nSPS) is 10.2. The molecule has 0 saturated carbocycles. The van der Waals surface area contributed by atoms with E-state index in [4.69, 9.17) is 0 Å². The zero-order valence-corrected chi connectivity index (χ0v) is 11.7. The molecule has 1 aromatic carbocycles. The van der Waals surface area contributed by atoms with E-state index >= 15 is 0 Å². The molecule has 0 bridgehead atoms. The number of benzene rings is 1. The van der Waals surface area contributed by atoms with Crippen LogP contribution in [0.25, 0.3) is 0 Å². The minimum Gasteiger partial charge on any atom is -0.385 e. The molecule has 18 heavy (non-hydrogen) atoms. The summed E-state index contributed by atoms with van der Waals surface area (Å²) < 4.78 is 0. The van der Waals surface area contributed by atoms with E-state index in [0.717, 1.165) is 25.8 Å². The maximum atomic E-state index is 11.1. The number of rotatable bonds is 7. The van der Waals surface area contributed by atoms with Crippen LogP contribution in [0.15, 0.2) is 18.2 Å². The zero-order chi connectivity index (χ0) is 13.4. The Bertz CT molecular complexity index is 366. The predicted octanol–water partition coefficient (Wildman–Crippen LogP) is 2.75. The molecule has 0 aliphatic rings. The summed E-state index contributed by atoms with van der Waals surface area (Å²) in [6.45, 7) is 5.19. The molecule has 1 aromatic rings. The van der Waals surface area contributed by atoms with Crippen molar-refractivity contribution in [3.05, 3.63) is 29.3 Å². The van der Waals surface area contributed by atoms with Gasteiger partial charge < -0.3 is 10.6 Å². The molecular formula is C15H24N2O. The van der Waals surface area contributed by atoms with Crippen molar-refractivity contribution in [3.8, 4) is 0 Å². The van der Waals surface area contributed by atoms with E-state index in [0.29, 0.717) is 6.42 Å². The molecule has 3 nitrogen and oxygen atoms in total. The standard InChI is InChI=1S/C15H24N2O/c1-4-12-8-6-9-13(5-2)15(12)17-11-7-10-14(18)16-3/h6,8-9,17H,4-5,7,10-11H2,1-3H3,(H,16,18). The number of aryl methyl sites for hydroxylation is 2. The fourth-order valence-electron chi connectivity index (χ4n) is 2.06. The summed E-state index contributed by atoms with van der Waals surface area (Å²) in [6.07, 6.45) is 3.51. The average molecular weight is 248 g/mol. The average Bonchev–Trinajstić information content (AvgIpc) is 2.42. The molecule has 0 radical (unpaired) electrons. The molecule has 1 amide bonds. The van der Waals surface area contributed by atoms with Gasteiger partial charge in [0.25, 0.3) is 0 Å². The lowest BCUT2D eigenvalue weighted by atomic mass is 10.0. The van der Waals surface area contributed by atoms with Gasteiger partial charge in [-0.1, -0.05) is 32.0 Å². The highest BCUT2D eigenvalue weighted by Gasteiger charge is 2.05. The van der Waals surface area contributed by atoms with Gasteiger partial charge in [0.1, 0.15) is 0 Å². The second kappa shape index (κ2) is 7.75. The first-order chi connectivity index (χ1) is 8.72. The van der Waals surface area contributed by atoms with E-state index in [1.54, 1.807) is 7.05 Å². The minimum atomic E-state index is 0.108. The third-order valence-electron chi connectivity index (χ3n) is 3.16. The number of hydrogen-bond acceptors (Lipinski definition) is 2. The fourth-order valence-corrected chi connectivity index (χ4v) is 2.06. The summed E-state index contributed by atoms with van der Waals surface area (Å²) in [7, 11) is 1.68. The molecule has 0 heterocycles. The van der Waals surface area contributed by atoms with Gasteiger partial charge in [-0.15, -0.1) is 0 Å². The van der Waals surface area contributed by atoms with Crippen LogP contribution in [0.5, 0.6) is 0 Å². The van der Waals surface area contributed by atoms with Crippen molar-refractivity contribution >= 4 is 11.6 Å². The van der Waals surface area contributed by atoms with Crippen LogP contribution in [-0.2, 0) is 17.6 Å². The van der Waals surface area contributed by atoms with Gasteiger partial charge in [0, 0.05) is 25.7 Å². The first kappa shape index (κ1) is 14.6. The highest BCUT2D eigenvalue weighted by atomic mass is 16.1. The fraction of sp³-hybridized carbons (Fsp3) is 0.533. The van der Waals surface area contributed by atoms with E-state index in [2.05, 4.69) is 42.7 Å². The van der Waals surface area contributed by atoms with Crippen LogP contribution in [0.3, 0.4) is 0 Å². The maximum Gasteiger partial charge on any atom is 0.219 e. The molecule has 3 heteroatoms. The zero-order valence-electron chi connectivity index (χ0n) is 11.7. The quantitative estimate of drug-likeness (QED) is 0.728. The van der Waals surface area contributed by atoms with Gasteiger partial charge in [0.2, 0.25) is 5.91 Å². The third kappa shape index (κ3) is 4.06. The lowest BCUT2D eigenvalue weighted by Gasteiger charge is -2.15. The van der Waals surface area contributed by atoms with Crippen molar-refractivity contribution in [2.24, 2.45) is 0 Å². The number of nitrogens with one attached hydrogen (secondary N) is 2. The van der Waals surface area contributed by atoms with Crippen molar-refractivity contribution in [3.63, 3.8) is 0 Å². The maximum absolute atomic E-state index is 11.1. The van der Waals surface area contributed by atoms with Gasteiger partial charge in [-0.25, -0.2) is 0 Å². The molecule has 100 valence electrons. The Morgan fingerprint density at radius 2 is 1.78 bits per heavy atom. The smallest absolute Gasteiger partial charge is 0.219 e. The van der Waals surface area contributed by atoms with Crippen LogP contribution >= 0.6 is 0 Å². The van der Waals surface area contributed by atoms with Gasteiger partial charge in [-0.3, -0.25) is 4.79 Å². The van der Waals surface area contributed by atoms with Gasteiger partial charge in [0.15, 0.2) is 0 Å². The second-order valence-electron chi connectivity index (χ2n) is 4.36. The minimum absolute atomic E-state index is 0.108. The monoisotopic (exact) mass is 248 g/mol. The molecule has 0 aliphatic heterocycles. The summed E-state index contributed by atoms with van der Waals surface area (Å²) in [5.74, 6) is 0.108. The van der Waals surface area contributed by atoms with Crippen LogP contribution in [0.2, 0.25) is 0 Å². The molecule has 0 spiro atoms. The molecule has 0 fully saturated rings. The molecule has 0 unspecified atom stereocenters. The lowest BCUT2D eigenvalue weighted by molar-refractivity contribution is -0.120. The van der Waals surface area contributed by atoms with Crippen molar-refractivity contribution in [1.29, 1.82) is 0 Å².